The van der Waals surface area contributed by atoms with E-state index in [4.69, 9.17) is 16.3 Å². The van der Waals surface area contributed by atoms with Gasteiger partial charge in [0.1, 0.15) is 12.0 Å². The van der Waals surface area contributed by atoms with Crippen LogP contribution in [0.2, 0.25) is 5.02 Å². The van der Waals surface area contributed by atoms with Gasteiger partial charge in [0, 0.05) is 11.4 Å². The Labute approximate surface area is 99.4 Å². The molecule has 0 bridgehead atoms. The second-order valence-corrected chi connectivity index (χ2v) is 3.96. The fourth-order valence-corrected chi connectivity index (χ4v) is 1.28. The van der Waals surface area contributed by atoms with Gasteiger partial charge in [-0.25, -0.2) is 0 Å². The van der Waals surface area contributed by atoms with Crippen molar-refractivity contribution in [3.05, 3.63) is 29.3 Å². The molecule has 1 atom stereocenters. The molecule has 0 fully saturated rings. The maximum absolute atomic E-state index is 11.5. The van der Waals surface area contributed by atoms with Crippen molar-refractivity contribution < 1.29 is 14.3 Å². The summed E-state index contributed by atoms with van der Waals surface area (Å²) in [6.07, 6.45) is 1.68. The first-order chi connectivity index (χ1) is 7.63. The minimum atomic E-state index is -0.329. The van der Waals surface area contributed by atoms with Gasteiger partial charge in [0.2, 0.25) is 0 Å². The maximum Gasteiger partial charge on any atom is 0.314 e. The molecular weight excluding hydrogens is 228 g/mol. The zero-order valence-electron chi connectivity index (χ0n) is 8.98. The van der Waals surface area contributed by atoms with E-state index in [9.17, 15) is 9.59 Å². The number of hydrogen-bond donors (Lipinski definition) is 0. The third kappa shape index (κ3) is 4.03. The average Bonchev–Trinajstić information content (AvgIpc) is 2.29. The maximum atomic E-state index is 11.5. The Balaban J connectivity index is 2.50. The molecule has 0 aromatic heterocycles. The summed E-state index contributed by atoms with van der Waals surface area (Å²) in [6.45, 7) is 1.74. The van der Waals surface area contributed by atoms with Crippen molar-refractivity contribution in [2.24, 2.45) is 5.92 Å². The van der Waals surface area contributed by atoms with E-state index in [-0.39, 0.29) is 11.9 Å². The van der Waals surface area contributed by atoms with Crippen molar-refractivity contribution in [3.63, 3.8) is 0 Å². The van der Waals surface area contributed by atoms with E-state index >= 15 is 0 Å². The van der Waals surface area contributed by atoms with Crippen molar-refractivity contribution in [3.8, 4) is 5.75 Å². The Morgan fingerprint density at radius 3 is 2.62 bits per heavy atom. The van der Waals surface area contributed by atoms with Gasteiger partial charge in [-0.3, -0.25) is 4.79 Å². The van der Waals surface area contributed by atoms with E-state index in [1.807, 2.05) is 0 Å². The average molecular weight is 241 g/mol. The minimum Gasteiger partial charge on any atom is -0.426 e. The highest BCUT2D eigenvalue weighted by atomic mass is 35.5. The topological polar surface area (TPSA) is 43.4 Å². The van der Waals surface area contributed by atoms with Gasteiger partial charge in [0.25, 0.3) is 0 Å². The molecule has 3 nitrogen and oxygen atoms in total. The second-order valence-electron chi connectivity index (χ2n) is 3.52. The largest absolute Gasteiger partial charge is 0.426 e. The fourth-order valence-electron chi connectivity index (χ4n) is 1.16. The first-order valence-electron chi connectivity index (χ1n) is 5.04. The molecule has 4 heteroatoms. The monoisotopic (exact) mass is 240 g/mol. The van der Waals surface area contributed by atoms with Crippen molar-refractivity contribution in [2.75, 3.05) is 0 Å². The van der Waals surface area contributed by atoms with E-state index in [0.717, 1.165) is 6.29 Å². The number of hydrogen-bond acceptors (Lipinski definition) is 3. The summed E-state index contributed by atoms with van der Waals surface area (Å²) < 4.78 is 5.11. The van der Waals surface area contributed by atoms with Crippen LogP contribution in [0.25, 0.3) is 0 Å². The molecule has 0 N–H and O–H groups in total. The van der Waals surface area contributed by atoms with Gasteiger partial charge in [0.15, 0.2) is 0 Å². The molecule has 0 spiro atoms. The lowest BCUT2D eigenvalue weighted by Crippen LogP contribution is -2.17. The molecule has 0 aliphatic carbocycles. The molecule has 86 valence electrons. The number of carbonyl (C=O) groups is 2. The normalized spacial score (nSPS) is 11.9. The van der Waals surface area contributed by atoms with Crippen LogP contribution in [0.1, 0.15) is 19.8 Å². The number of benzene rings is 1. The van der Waals surface area contributed by atoms with Crippen LogP contribution >= 0.6 is 11.6 Å². The molecule has 0 aliphatic rings. The molecule has 0 saturated heterocycles. The lowest BCUT2D eigenvalue weighted by atomic mass is 10.1. The Morgan fingerprint density at radius 2 is 2.06 bits per heavy atom. The van der Waals surface area contributed by atoms with E-state index in [2.05, 4.69) is 0 Å². The molecule has 0 radical (unpaired) electrons. The molecule has 1 rings (SSSR count). The summed E-state index contributed by atoms with van der Waals surface area (Å²) in [6, 6.07) is 6.57. The Bertz CT molecular complexity index is 359. The highest BCUT2D eigenvalue weighted by Gasteiger charge is 2.14. The van der Waals surface area contributed by atoms with Gasteiger partial charge < -0.3 is 9.53 Å². The highest BCUT2D eigenvalue weighted by molar-refractivity contribution is 6.30. The standard InChI is InChI=1S/C12H13ClO3/c1-9(3-2-8-14)12(15)16-11-6-4-10(13)5-7-11/h4-9H,2-3H2,1H3. The van der Waals surface area contributed by atoms with Gasteiger partial charge in [-0.1, -0.05) is 18.5 Å². The molecule has 1 aromatic carbocycles. The van der Waals surface area contributed by atoms with Crippen molar-refractivity contribution >= 4 is 23.9 Å². The van der Waals surface area contributed by atoms with Gasteiger partial charge in [-0.2, -0.15) is 0 Å². The summed E-state index contributed by atoms with van der Waals surface area (Å²) in [4.78, 5) is 21.7. The van der Waals surface area contributed by atoms with Crippen LogP contribution in [0.4, 0.5) is 0 Å². The number of ether oxygens (including phenoxy) is 1. The van der Waals surface area contributed by atoms with Crippen molar-refractivity contribution in [2.45, 2.75) is 19.8 Å². The zero-order valence-corrected chi connectivity index (χ0v) is 9.74. The molecule has 0 aliphatic heterocycles. The minimum absolute atomic E-state index is 0.277. The highest BCUT2D eigenvalue weighted by Crippen LogP contribution is 2.17. The van der Waals surface area contributed by atoms with Gasteiger partial charge in [-0.15, -0.1) is 0 Å². The van der Waals surface area contributed by atoms with Gasteiger partial charge in [-0.05, 0) is 30.7 Å². The molecule has 16 heavy (non-hydrogen) atoms. The van der Waals surface area contributed by atoms with Gasteiger partial charge in [0.05, 0.1) is 5.92 Å². The lowest BCUT2D eigenvalue weighted by molar-refractivity contribution is -0.138. The van der Waals surface area contributed by atoms with E-state index in [1.165, 1.54) is 0 Å². The van der Waals surface area contributed by atoms with Crippen molar-refractivity contribution in [1.82, 2.24) is 0 Å². The first-order valence-corrected chi connectivity index (χ1v) is 5.42. The molecule has 0 amide bonds. The predicted octanol–water partition coefficient (Wildman–Crippen LogP) is 2.86. The van der Waals surface area contributed by atoms with Crippen LogP contribution in [0, 0.1) is 5.92 Å². The van der Waals surface area contributed by atoms with Crippen LogP contribution in [-0.2, 0) is 9.59 Å². The second kappa shape index (κ2) is 6.28. The van der Waals surface area contributed by atoms with Crippen LogP contribution in [-0.4, -0.2) is 12.3 Å². The summed E-state index contributed by atoms with van der Waals surface area (Å²) in [7, 11) is 0. The fraction of sp³-hybridized carbons (Fsp3) is 0.333. The Kier molecular flexibility index (Phi) is 4.99. The number of halogens is 1. The Hall–Kier alpha value is -1.35. The van der Waals surface area contributed by atoms with Crippen molar-refractivity contribution in [1.29, 1.82) is 0 Å². The SMILES string of the molecule is CC(CCC=O)C(=O)Oc1ccc(Cl)cc1. The Morgan fingerprint density at radius 1 is 1.44 bits per heavy atom. The smallest absolute Gasteiger partial charge is 0.314 e. The first kappa shape index (κ1) is 12.7. The third-order valence-corrected chi connectivity index (χ3v) is 2.40. The molecule has 0 saturated carbocycles. The van der Waals surface area contributed by atoms with Crippen LogP contribution in [0.5, 0.6) is 5.75 Å². The summed E-state index contributed by atoms with van der Waals surface area (Å²) in [5.41, 5.74) is 0. The third-order valence-electron chi connectivity index (χ3n) is 2.15. The summed E-state index contributed by atoms with van der Waals surface area (Å²) in [5.74, 6) is -0.141. The van der Waals surface area contributed by atoms with E-state index < -0.39 is 0 Å². The zero-order chi connectivity index (χ0) is 12.0. The van der Waals surface area contributed by atoms with E-state index in [1.54, 1.807) is 31.2 Å². The number of aldehydes is 1. The molecule has 1 aromatic rings. The number of esters is 1. The summed E-state index contributed by atoms with van der Waals surface area (Å²) >= 11 is 5.70. The van der Waals surface area contributed by atoms with Crippen LogP contribution in [0.3, 0.4) is 0 Å². The predicted molar refractivity (Wildman–Crippen MR) is 61.5 cm³/mol. The number of carbonyl (C=O) groups excluding carboxylic acids is 2. The quantitative estimate of drug-likeness (QED) is 0.452. The van der Waals surface area contributed by atoms with Gasteiger partial charge >= 0.3 is 5.97 Å². The van der Waals surface area contributed by atoms with Crippen LogP contribution in [0.15, 0.2) is 24.3 Å². The molecule has 0 heterocycles. The molecule has 1 unspecified atom stereocenters. The van der Waals surface area contributed by atoms with Crippen LogP contribution < -0.4 is 4.74 Å². The summed E-state index contributed by atoms with van der Waals surface area (Å²) in [5, 5.41) is 0.591. The molecular formula is C12H13ClO3. The number of rotatable bonds is 5. The lowest BCUT2D eigenvalue weighted by Gasteiger charge is -2.09. The van der Waals surface area contributed by atoms with E-state index in [0.29, 0.717) is 23.6 Å².